The van der Waals surface area contributed by atoms with Gasteiger partial charge in [-0.15, -0.1) is 0 Å². The first kappa shape index (κ1) is 34.2. The van der Waals surface area contributed by atoms with E-state index in [1.165, 1.54) is 11.8 Å². The summed E-state index contributed by atoms with van der Waals surface area (Å²) in [6.45, 7) is 0.193. The summed E-state index contributed by atoms with van der Waals surface area (Å²) in [5, 5.41) is 25.8. The van der Waals surface area contributed by atoms with Crippen LogP contribution in [-0.4, -0.2) is 88.6 Å². The maximum Gasteiger partial charge on any atom is 0.326 e. The summed E-state index contributed by atoms with van der Waals surface area (Å²) in [4.78, 5) is 65.3. The molecular formula is C25H39N7O7S. The number of amides is 3. The Morgan fingerprint density at radius 2 is 1.45 bits per heavy atom. The molecule has 0 spiro atoms. The van der Waals surface area contributed by atoms with Gasteiger partial charge in [0.2, 0.25) is 17.7 Å². The molecule has 0 heterocycles. The number of rotatable bonds is 19. The van der Waals surface area contributed by atoms with E-state index in [9.17, 15) is 29.1 Å². The Bertz CT molecular complexity index is 1020. The number of thioether (sulfide) groups is 1. The van der Waals surface area contributed by atoms with Gasteiger partial charge in [0.1, 0.15) is 18.1 Å². The van der Waals surface area contributed by atoms with Crippen molar-refractivity contribution in [3.8, 4) is 0 Å². The number of nitrogens with zero attached hydrogens (tertiary/aromatic N) is 1. The van der Waals surface area contributed by atoms with Crippen molar-refractivity contribution in [3.63, 3.8) is 0 Å². The number of benzene rings is 1. The minimum absolute atomic E-state index is 0.125. The smallest absolute Gasteiger partial charge is 0.326 e. The van der Waals surface area contributed by atoms with E-state index in [1.807, 2.05) is 30.3 Å². The highest BCUT2D eigenvalue weighted by Crippen LogP contribution is 2.08. The Hall–Kier alpha value is -3.85. The normalized spacial score (nSPS) is 13.7. The number of aliphatic imine (C=N–C) groups is 1. The van der Waals surface area contributed by atoms with Crippen molar-refractivity contribution in [2.75, 3.05) is 18.6 Å². The largest absolute Gasteiger partial charge is 0.481 e. The fourth-order valence-electron chi connectivity index (χ4n) is 3.59. The molecule has 4 atom stereocenters. The van der Waals surface area contributed by atoms with Gasteiger partial charge >= 0.3 is 11.9 Å². The van der Waals surface area contributed by atoms with Crippen LogP contribution in [-0.2, 0) is 30.4 Å². The second-order valence-corrected chi connectivity index (χ2v) is 9.97. The van der Waals surface area contributed by atoms with Crippen LogP contribution in [0.1, 0.15) is 37.7 Å². The highest BCUT2D eigenvalue weighted by atomic mass is 32.2. The van der Waals surface area contributed by atoms with Gasteiger partial charge in [0.15, 0.2) is 5.96 Å². The minimum atomic E-state index is -1.46. The molecule has 14 nitrogen and oxygen atoms in total. The standard InChI is InChI=1S/C25H39N7O7S/c1-40-13-11-18(23(37)32-19(24(38)39)9-10-20(33)34)31-22(36)17(8-5-12-29-25(27)28)30-21(35)16(26)14-15-6-3-2-4-7-15/h2-4,6-7,16-19H,5,8-14,26H2,1H3,(H,30,35)(H,31,36)(H,32,37)(H,33,34)(H,38,39)(H4,27,28,29). The molecule has 4 unspecified atom stereocenters. The maximum atomic E-state index is 13.3. The van der Waals surface area contributed by atoms with Gasteiger partial charge in [0, 0.05) is 13.0 Å². The summed E-state index contributed by atoms with van der Waals surface area (Å²) in [5.74, 6) is -4.32. The molecule has 15 heteroatoms. The first-order valence-electron chi connectivity index (χ1n) is 12.6. The van der Waals surface area contributed by atoms with Crippen LogP contribution in [0.3, 0.4) is 0 Å². The molecule has 11 N–H and O–H groups in total. The van der Waals surface area contributed by atoms with Crippen LogP contribution in [0.5, 0.6) is 0 Å². The number of hydrogen-bond acceptors (Lipinski definition) is 8. The van der Waals surface area contributed by atoms with Crippen molar-refractivity contribution in [2.45, 2.75) is 62.7 Å². The number of guanidine groups is 1. The first-order chi connectivity index (χ1) is 18.9. The summed E-state index contributed by atoms with van der Waals surface area (Å²) in [5.41, 5.74) is 17.6. The van der Waals surface area contributed by atoms with E-state index < -0.39 is 60.2 Å². The van der Waals surface area contributed by atoms with Crippen molar-refractivity contribution < 1.29 is 34.2 Å². The molecule has 1 aromatic rings. The van der Waals surface area contributed by atoms with Gasteiger partial charge in [0.05, 0.1) is 6.04 Å². The maximum absolute atomic E-state index is 13.3. The molecular weight excluding hydrogens is 542 g/mol. The quantitative estimate of drug-likeness (QED) is 0.0545. The fourth-order valence-corrected chi connectivity index (χ4v) is 4.06. The van der Waals surface area contributed by atoms with E-state index in [0.717, 1.165) is 5.56 Å². The van der Waals surface area contributed by atoms with Gasteiger partial charge < -0.3 is 43.4 Å². The van der Waals surface area contributed by atoms with Gasteiger partial charge in [-0.2, -0.15) is 11.8 Å². The number of carboxylic acid groups (broad SMARTS) is 2. The van der Waals surface area contributed by atoms with Crippen LogP contribution in [0.2, 0.25) is 0 Å². The lowest BCUT2D eigenvalue weighted by Gasteiger charge is -2.25. The Morgan fingerprint density at radius 3 is 2.00 bits per heavy atom. The average molecular weight is 582 g/mol. The van der Waals surface area contributed by atoms with Gasteiger partial charge in [-0.3, -0.25) is 24.2 Å². The summed E-state index contributed by atoms with van der Waals surface area (Å²) < 4.78 is 0. The Kier molecular flexibility index (Phi) is 15.8. The molecule has 0 saturated heterocycles. The lowest BCUT2D eigenvalue weighted by atomic mass is 10.0. The van der Waals surface area contributed by atoms with Gasteiger partial charge in [-0.05, 0) is 49.7 Å². The highest BCUT2D eigenvalue weighted by Gasteiger charge is 2.30. The molecule has 0 saturated carbocycles. The summed E-state index contributed by atoms with van der Waals surface area (Å²) in [6.07, 6.45) is 1.84. The molecule has 3 amide bonds. The fraction of sp³-hybridized carbons (Fsp3) is 0.520. The van der Waals surface area contributed by atoms with Crippen LogP contribution in [0.25, 0.3) is 0 Å². The van der Waals surface area contributed by atoms with E-state index in [-0.39, 0.29) is 38.2 Å². The van der Waals surface area contributed by atoms with Crippen molar-refractivity contribution in [1.82, 2.24) is 16.0 Å². The number of carbonyl (C=O) groups excluding carboxylic acids is 3. The minimum Gasteiger partial charge on any atom is -0.481 e. The van der Waals surface area contributed by atoms with Gasteiger partial charge in [-0.1, -0.05) is 30.3 Å². The molecule has 0 fully saturated rings. The third kappa shape index (κ3) is 13.8. The summed E-state index contributed by atoms with van der Waals surface area (Å²) >= 11 is 1.41. The lowest BCUT2D eigenvalue weighted by Crippen LogP contribution is -2.57. The van der Waals surface area contributed by atoms with E-state index in [1.54, 1.807) is 6.26 Å². The van der Waals surface area contributed by atoms with Crippen LogP contribution in [0.4, 0.5) is 0 Å². The van der Waals surface area contributed by atoms with Gasteiger partial charge in [0.25, 0.3) is 0 Å². The van der Waals surface area contributed by atoms with Crippen LogP contribution >= 0.6 is 11.8 Å². The molecule has 0 radical (unpaired) electrons. The van der Waals surface area contributed by atoms with Crippen LogP contribution in [0, 0.1) is 0 Å². The number of hydrogen-bond donors (Lipinski definition) is 8. The van der Waals surface area contributed by atoms with E-state index >= 15 is 0 Å². The summed E-state index contributed by atoms with van der Waals surface area (Å²) in [6, 6.07) is 4.48. The van der Waals surface area contributed by atoms with Crippen molar-refractivity contribution in [1.29, 1.82) is 0 Å². The van der Waals surface area contributed by atoms with Gasteiger partial charge in [-0.25, -0.2) is 4.79 Å². The zero-order valence-electron chi connectivity index (χ0n) is 22.4. The molecule has 222 valence electrons. The Balaban J connectivity index is 3.01. The Morgan fingerprint density at radius 1 is 0.875 bits per heavy atom. The molecule has 0 aliphatic carbocycles. The lowest BCUT2D eigenvalue weighted by molar-refractivity contribution is -0.143. The molecule has 0 aromatic heterocycles. The average Bonchev–Trinajstić information content (AvgIpc) is 2.90. The third-order valence-electron chi connectivity index (χ3n) is 5.72. The predicted octanol–water partition coefficient (Wildman–Crippen LogP) is -1.23. The molecule has 40 heavy (non-hydrogen) atoms. The highest BCUT2D eigenvalue weighted by molar-refractivity contribution is 7.98. The topological polar surface area (TPSA) is 252 Å². The molecule has 1 aromatic carbocycles. The molecule has 0 aliphatic heterocycles. The van der Waals surface area contributed by atoms with E-state index in [4.69, 9.17) is 22.3 Å². The zero-order valence-corrected chi connectivity index (χ0v) is 23.2. The zero-order chi connectivity index (χ0) is 30.1. The Labute approximate surface area is 236 Å². The number of nitrogens with one attached hydrogen (secondary N) is 3. The van der Waals surface area contributed by atoms with Crippen molar-refractivity contribution >= 4 is 47.4 Å². The molecule has 0 aliphatic rings. The van der Waals surface area contributed by atoms with Crippen LogP contribution in [0.15, 0.2) is 35.3 Å². The van der Waals surface area contributed by atoms with Crippen molar-refractivity contribution in [2.24, 2.45) is 22.2 Å². The monoisotopic (exact) mass is 581 g/mol. The molecule has 0 bridgehead atoms. The predicted molar refractivity (Wildman–Crippen MR) is 151 cm³/mol. The second-order valence-electron chi connectivity index (χ2n) is 8.98. The first-order valence-corrected chi connectivity index (χ1v) is 14.0. The van der Waals surface area contributed by atoms with E-state index in [2.05, 4.69) is 20.9 Å². The number of nitrogens with two attached hydrogens (primary N) is 3. The second kappa shape index (κ2) is 18.4. The van der Waals surface area contributed by atoms with E-state index in [0.29, 0.717) is 12.2 Å². The SMILES string of the molecule is CSCCC(NC(=O)C(CCCN=C(N)N)NC(=O)C(N)Cc1ccccc1)C(=O)NC(CCC(=O)O)C(=O)O. The summed E-state index contributed by atoms with van der Waals surface area (Å²) in [7, 11) is 0. The third-order valence-corrected chi connectivity index (χ3v) is 6.36. The molecule has 1 rings (SSSR count). The van der Waals surface area contributed by atoms with Crippen molar-refractivity contribution in [3.05, 3.63) is 35.9 Å². The number of carbonyl (C=O) groups is 5. The number of aliphatic carboxylic acids is 2. The van der Waals surface area contributed by atoms with Crippen LogP contribution < -0.4 is 33.2 Å². The number of carboxylic acids is 2.